The van der Waals surface area contributed by atoms with Gasteiger partial charge in [0.1, 0.15) is 22.3 Å². The number of anilines is 1. The third kappa shape index (κ3) is 5.71. The maximum Gasteiger partial charge on any atom is 0.264 e. The lowest BCUT2D eigenvalue weighted by Gasteiger charge is -2.14. The first-order valence-electron chi connectivity index (χ1n) is 8.29. The van der Waals surface area contributed by atoms with E-state index in [0.29, 0.717) is 11.6 Å². The fraction of sp³-hybridized carbons (Fsp3) is 0.105. The molecule has 1 aromatic carbocycles. The number of halogens is 3. The van der Waals surface area contributed by atoms with Crippen molar-refractivity contribution in [2.24, 2.45) is 4.99 Å². The number of hydrogen-bond acceptors (Lipinski definition) is 5. The van der Waals surface area contributed by atoms with Gasteiger partial charge in [-0.05, 0) is 43.5 Å². The normalized spacial score (nSPS) is 12.8. The summed E-state index contributed by atoms with van der Waals surface area (Å²) in [4.78, 5) is 18.2. The zero-order valence-corrected chi connectivity index (χ0v) is 17.5. The average molecular weight is 455 g/mol. The number of amides is 1. The van der Waals surface area contributed by atoms with Crippen LogP contribution in [-0.2, 0) is 14.8 Å². The molecule has 0 unspecified atom stereocenters. The molecule has 158 valence electrons. The summed E-state index contributed by atoms with van der Waals surface area (Å²) in [7, 11) is -4.38. The second-order valence-electron chi connectivity index (χ2n) is 5.96. The Hall–Kier alpha value is -3.11. The highest BCUT2D eigenvalue weighted by molar-refractivity contribution is 7.89. The van der Waals surface area contributed by atoms with Gasteiger partial charge in [0.05, 0.1) is 5.03 Å². The van der Waals surface area contributed by atoms with E-state index >= 15 is 0 Å². The lowest BCUT2D eigenvalue weighted by atomic mass is 10.1. The van der Waals surface area contributed by atoms with E-state index in [1.807, 2.05) is 0 Å². The number of sulfonamides is 1. The molecule has 2 N–H and O–H groups in total. The van der Waals surface area contributed by atoms with Crippen molar-refractivity contribution in [1.82, 2.24) is 9.71 Å². The van der Waals surface area contributed by atoms with Crippen molar-refractivity contribution in [2.75, 3.05) is 5.32 Å². The molecule has 0 spiro atoms. The minimum absolute atomic E-state index is 0.0480. The molecule has 0 fully saturated rings. The molecule has 0 saturated carbocycles. The molecular formula is C19H17ClF2N4O3S. The smallest absolute Gasteiger partial charge is 0.264 e. The SMILES string of the molecule is C=N/C=C(\C(Cl)=C(/C)NS(=O)(=O)c1ccc(F)cc1F)c1ccnc(NC(C)=O)c1. The second-order valence-corrected chi connectivity index (χ2v) is 7.98. The minimum atomic E-state index is -4.38. The van der Waals surface area contributed by atoms with Crippen LogP contribution in [0.5, 0.6) is 0 Å². The van der Waals surface area contributed by atoms with Crippen LogP contribution in [0.4, 0.5) is 14.6 Å². The predicted molar refractivity (Wildman–Crippen MR) is 111 cm³/mol. The van der Waals surface area contributed by atoms with Crippen LogP contribution in [0.1, 0.15) is 19.4 Å². The number of carbonyl (C=O) groups excluding carboxylic acids is 1. The highest BCUT2D eigenvalue weighted by Crippen LogP contribution is 2.30. The van der Waals surface area contributed by atoms with Crippen LogP contribution in [0.2, 0.25) is 0 Å². The largest absolute Gasteiger partial charge is 0.311 e. The summed E-state index contributed by atoms with van der Waals surface area (Å²) >= 11 is 6.36. The van der Waals surface area contributed by atoms with Crippen molar-refractivity contribution in [2.45, 2.75) is 18.7 Å². The Morgan fingerprint density at radius 2 is 1.93 bits per heavy atom. The second kappa shape index (κ2) is 9.59. The van der Waals surface area contributed by atoms with E-state index in [9.17, 15) is 22.0 Å². The quantitative estimate of drug-likeness (QED) is 0.490. The molecule has 7 nitrogen and oxygen atoms in total. The Labute approximate surface area is 177 Å². The highest BCUT2D eigenvalue weighted by atomic mass is 35.5. The Bertz CT molecular complexity index is 1160. The summed E-state index contributed by atoms with van der Waals surface area (Å²) in [5.74, 6) is -2.25. The van der Waals surface area contributed by atoms with E-state index < -0.39 is 26.6 Å². The van der Waals surface area contributed by atoms with E-state index in [0.717, 1.165) is 12.1 Å². The first-order chi connectivity index (χ1) is 14.0. The van der Waals surface area contributed by atoms with Crippen molar-refractivity contribution in [3.05, 3.63) is 70.7 Å². The van der Waals surface area contributed by atoms with Gasteiger partial charge in [0.25, 0.3) is 10.0 Å². The lowest BCUT2D eigenvalue weighted by Crippen LogP contribution is -2.23. The molecule has 0 atom stereocenters. The number of pyridine rings is 1. The van der Waals surface area contributed by atoms with E-state index in [2.05, 4.69) is 26.7 Å². The van der Waals surface area contributed by atoms with Gasteiger partial charge < -0.3 is 5.32 Å². The molecule has 0 aliphatic rings. The van der Waals surface area contributed by atoms with Gasteiger partial charge in [0, 0.05) is 36.7 Å². The summed E-state index contributed by atoms with van der Waals surface area (Å²) in [6.07, 6.45) is 2.70. The van der Waals surface area contributed by atoms with E-state index in [1.165, 1.54) is 32.3 Å². The van der Waals surface area contributed by atoms with E-state index in [4.69, 9.17) is 11.6 Å². The van der Waals surface area contributed by atoms with E-state index in [1.54, 1.807) is 6.07 Å². The minimum Gasteiger partial charge on any atom is -0.311 e. The van der Waals surface area contributed by atoms with Crippen molar-refractivity contribution >= 4 is 45.6 Å². The standard InChI is InChI=1S/C19H17ClF2N4O3S/c1-11(26-30(28,29)17-5-4-14(21)9-16(17)22)19(20)15(10-23-3)13-6-7-24-18(8-13)25-12(2)27/h4-10,26H,3H2,1-2H3,(H,24,25,27)/b15-10-,19-11-. The first kappa shape index (κ1) is 23.2. The van der Waals surface area contributed by atoms with Crippen molar-refractivity contribution in [1.29, 1.82) is 0 Å². The Kier molecular flexibility index (Phi) is 7.41. The number of nitrogens with zero attached hydrogens (tertiary/aromatic N) is 2. The third-order valence-corrected chi connectivity index (χ3v) is 5.60. The topological polar surface area (TPSA) is 101 Å². The summed E-state index contributed by atoms with van der Waals surface area (Å²) in [5, 5.41) is 2.45. The number of nitrogens with one attached hydrogen (secondary N) is 2. The maximum atomic E-state index is 13.9. The van der Waals surface area contributed by atoms with Crippen LogP contribution < -0.4 is 10.0 Å². The van der Waals surface area contributed by atoms with Gasteiger partial charge in [-0.1, -0.05) is 11.6 Å². The van der Waals surface area contributed by atoms with Crippen LogP contribution in [0, 0.1) is 11.6 Å². The summed E-state index contributed by atoms with van der Waals surface area (Å²) in [6.45, 7) is 6.04. The molecule has 0 saturated heterocycles. The fourth-order valence-corrected chi connectivity index (χ4v) is 3.83. The van der Waals surface area contributed by atoms with Crippen LogP contribution >= 0.6 is 11.6 Å². The van der Waals surface area contributed by atoms with Crippen LogP contribution in [0.3, 0.4) is 0 Å². The average Bonchev–Trinajstić information content (AvgIpc) is 2.64. The maximum absolute atomic E-state index is 13.9. The molecule has 1 heterocycles. The number of carbonyl (C=O) groups is 1. The summed E-state index contributed by atoms with van der Waals surface area (Å²) in [5.41, 5.74) is 0.672. The van der Waals surface area contributed by atoms with Gasteiger partial charge in [-0.15, -0.1) is 0 Å². The Morgan fingerprint density at radius 1 is 1.23 bits per heavy atom. The molecular weight excluding hydrogens is 438 g/mol. The summed E-state index contributed by atoms with van der Waals surface area (Å²) < 4.78 is 54.1. The number of aromatic nitrogens is 1. The predicted octanol–water partition coefficient (Wildman–Crippen LogP) is 3.81. The third-order valence-electron chi connectivity index (χ3n) is 3.63. The van der Waals surface area contributed by atoms with Gasteiger partial charge >= 0.3 is 0 Å². The lowest BCUT2D eigenvalue weighted by molar-refractivity contribution is -0.114. The number of benzene rings is 1. The van der Waals surface area contributed by atoms with Gasteiger partial charge in [-0.2, -0.15) is 0 Å². The number of rotatable bonds is 7. The fourth-order valence-electron chi connectivity index (χ4n) is 2.39. The number of hydrogen-bond donors (Lipinski definition) is 2. The Balaban J connectivity index is 2.45. The van der Waals surface area contributed by atoms with Gasteiger partial charge in [-0.3, -0.25) is 14.5 Å². The van der Waals surface area contributed by atoms with Gasteiger partial charge in [-0.25, -0.2) is 22.2 Å². The van der Waals surface area contributed by atoms with Crippen molar-refractivity contribution in [3.8, 4) is 0 Å². The Morgan fingerprint density at radius 3 is 2.53 bits per heavy atom. The van der Waals surface area contributed by atoms with Crippen LogP contribution in [0.15, 0.2) is 63.3 Å². The van der Waals surface area contributed by atoms with E-state index in [-0.39, 0.29) is 28.0 Å². The molecule has 2 aromatic rings. The molecule has 11 heteroatoms. The number of aliphatic imine (C=N–C) groups is 1. The van der Waals surface area contributed by atoms with Gasteiger partial charge in [0.15, 0.2) is 0 Å². The zero-order valence-electron chi connectivity index (χ0n) is 15.9. The monoisotopic (exact) mass is 454 g/mol. The molecule has 1 amide bonds. The summed E-state index contributed by atoms with van der Waals surface area (Å²) in [6, 6.07) is 5.15. The number of allylic oxidation sites excluding steroid dienone is 3. The molecule has 0 aliphatic heterocycles. The van der Waals surface area contributed by atoms with Gasteiger partial charge in [0.2, 0.25) is 5.91 Å². The molecule has 2 rings (SSSR count). The molecule has 0 bridgehead atoms. The highest BCUT2D eigenvalue weighted by Gasteiger charge is 2.21. The molecule has 0 aliphatic carbocycles. The van der Waals surface area contributed by atoms with Crippen molar-refractivity contribution in [3.63, 3.8) is 0 Å². The van der Waals surface area contributed by atoms with Crippen molar-refractivity contribution < 1.29 is 22.0 Å². The van der Waals surface area contributed by atoms with Crippen LogP contribution in [0.25, 0.3) is 5.57 Å². The van der Waals surface area contributed by atoms with Crippen LogP contribution in [-0.4, -0.2) is 26.0 Å². The zero-order chi connectivity index (χ0) is 22.5. The first-order valence-corrected chi connectivity index (χ1v) is 10.2. The molecule has 30 heavy (non-hydrogen) atoms. The molecule has 1 aromatic heterocycles. The molecule has 0 radical (unpaired) electrons.